The Morgan fingerprint density at radius 1 is 1.35 bits per heavy atom. The van der Waals surface area contributed by atoms with Crippen molar-refractivity contribution < 1.29 is 9.15 Å². The summed E-state index contributed by atoms with van der Waals surface area (Å²) in [4.78, 5) is 0. The Hall–Kier alpha value is -1.94. The highest BCUT2D eigenvalue weighted by Crippen LogP contribution is 2.28. The maximum absolute atomic E-state index is 5.59. The number of furan rings is 1. The van der Waals surface area contributed by atoms with E-state index in [0.717, 1.165) is 43.3 Å². The maximum Gasteiger partial charge on any atom is 0.142 e. The van der Waals surface area contributed by atoms with Gasteiger partial charge in [0.25, 0.3) is 0 Å². The van der Waals surface area contributed by atoms with Crippen molar-refractivity contribution in [3.05, 3.63) is 47.9 Å². The van der Waals surface area contributed by atoms with Gasteiger partial charge >= 0.3 is 0 Å². The van der Waals surface area contributed by atoms with Crippen molar-refractivity contribution in [2.24, 2.45) is 0 Å². The van der Waals surface area contributed by atoms with Crippen LogP contribution in [-0.4, -0.2) is 19.2 Å². The Bertz CT molecular complexity index is 552. The lowest BCUT2D eigenvalue weighted by molar-refractivity contribution is 0.323. The van der Waals surface area contributed by atoms with Gasteiger partial charge in [-0.2, -0.15) is 0 Å². The Balaban J connectivity index is 1.56. The lowest BCUT2D eigenvalue weighted by atomic mass is 10.1. The van der Waals surface area contributed by atoms with Gasteiger partial charge in [0, 0.05) is 12.6 Å². The molecule has 20 heavy (non-hydrogen) atoms. The van der Waals surface area contributed by atoms with Gasteiger partial charge in [0.15, 0.2) is 0 Å². The van der Waals surface area contributed by atoms with Gasteiger partial charge in [-0.1, -0.05) is 6.07 Å². The van der Waals surface area contributed by atoms with Crippen molar-refractivity contribution in [3.63, 3.8) is 0 Å². The highest BCUT2D eigenvalue weighted by molar-refractivity contribution is 5.59. The van der Waals surface area contributed by atoms with Crippen molar-refractivity contribution in [2.75, 3.05) is 18.5 Å². The summed E-state index contributed by atoms with van der Waals surface area (Å²) in [5.74, 6) is 1.92. The molecule has 1 unspecified atom stereocenters. The van der Waals surface area contributed by atoms with Gasteiger partial charge < -0.3 is 19.8 Å². The zero-order valence-electron chi connectivity index (χ0n) is 11.7. The van der Waals surface area contributed by atoms with E-state index in [0.29, 0.717) is 6.04 Å². The van der Waals surface area contributed by atoms with Gasteiger partial charge in [0.2, 0.25) is 0 Å². The molecule has 1 aromatic carbocycles. The molecule has 106 valence electrons. The molecule has 3 rings (SSSR count). The minimum atomic E-state index is 0.391. The van der Waals surface area contributed by atoms with E-state index in [-0.39, 0.29) is 0 Å². The fourth-order valence-electron chi connectivity index (χ4n) is 2.43. The summed E-state index contributed by atoms with van der Waals surface area (Å²) < 4.78 is 10.9. The fourth-order valence-corrected chi connectivity index (χ4v) is 2.43. The van der Waals surface area contributed by atoms with Crippen LogP contribution in [0.2, 0.25) is 0 Å². The molecule has 0 amide bonds. The van der Waals surface area contributed by atoms with Crippen LogP contribution in [0.25, 0.3) is 0 Å². The first-order chi connectivity index (χ1) is 9.81. The number of fused-ring (bicyclic) bond motifs is 1. The van der Waals surface area contributed by atoms with E-state index in [9.17, 15) is 0 Å². The van der Waals surface area contributed by atoms with Crippen LogP contribution in [0, 0.1) is 0 Å². The van der Waals surface area contributed by atoms with Crippen LogP contribution in [-0.2, 0) is 13.0 Å². The summed E-state index contributed by atoms with van der Waals surface area (Å²) in [5.41, 5.74) is 2.41. The smallest absolute Gasteiger partial charge is 0.142 e. The minimum Gasteiger partial charge on any atom is -0.490 e. The number of anilines is 1. The average Bonchev–Trinajstić information content (AvgIpc) is 2.98. The lowest BCUT2D eigenvalue weighted by Crippen LogP contribution is -2.27. The number of rotatable bonds is 5. The molecule has 0 saturated heterocycles. The molecular weight excluding hydrogens is 252 g/mol. The molecule has 1 aliphatic rings. The highest BCUT2D eigenvalue weighted by atomic mass is 16.5. The van der Waals surface area contributed by atoms with Crippen molar-refractivity contribution in [3.8, 4) is 5.75 Å². The van der Waals surface area contributed by atoms with Crippen LogP contribution < -0.4 is 15.4 Å². The van der Waals surface area contributed by atoms with Crippen LogP contribution in [0.15, 0.2) is 41.0 Å². The van der Waals surface area contributed by atoms with E-state index in [1.807, 2.05) is 12.1 Å². The molecule has 0 aliphatic carbocycles. The molecule has 1 aliphatic heterocycles. The highest BCUT2D eigenvalue weighted by Gasteiger charge is 2.11. The van der Waals surface area contributed by atoms with Crippen molar-refractivity contribution in [1.82, 2.24) is 5.32 Å². The summed E-state index contributed by atoms with van der Waals surface area (Å²) in [5, 5.41) is 6.84. The maximum atomic E-state index is 5.59. The van der Waals surface area contributed by atoms with Gasteiger partial charge in [0.05, 0.1) is 18.5 Å². The third kappa shape index (κ3) is 3.14. The molecule has 4 nitrogen and oxygen atoms in total. The Morgan fingerprint density at radius 3 is 3.15 bits per heavy atom. The third-order valence-electron chi connectivity index (χ3n) is 3.47. The van der Waals surface area contributed by atoms with Gasteiger partial charge in [0.1, 0.15) is 18.1 Å². The van der Waals surface area contributed by atoms with Crippen molar-refractivity contribution >= 4 is 5.69 Å². The predicted octanol–water partition coefficient (Wildman–Crippen LogP) is 2.80. The molecule has 0 saturated carbocycles. The standard InChI is InChI=1S/C16H20N2O2/c1-12(18-11-14-3-2-7-19-14)9-13-4-5-16-15(10-13)17-6-8-20-16/h2-5,7,10,12,17-18H,6,8-9,11H2,1H3. The largest absolute Gasteiger partial charge is 0.490 e. The number of nitrogens with one attached hydrogen (secondary N) is 2. The molecule has 2 aromatic rings. The average molecular weight is 272 g/mol. The van der Waals surface area contributed by atoms with Crippen LogP contribution in [0.5, 0.6) is 5.75 Å². The van der Waals surface area contributed by atoms with E-state index in [2.05, 4.69) is 35.8 Å². The van der Waals surface area contributed by atoms with Crippen molar-refractivity contribution in [1.29, 1.82) is 0 Å². The van der Waals surface area contributed by atoms with E-state index in [4.69, 9.17) is 9.15 Å². The Morgan fingerprint density at radius 2 is 2.30 bits per heavy atom. The minimum absolute atomic E-state index is 0.391. The lowest BCUT2D eigenvalue weighted by Gasteiger charge is -2.20. The monoisotopic (exact) mass is 272 g/mol. The molecular formula is C16H20N2O2. The van der Waals surface area contributed by atoms with Crippen LogP contribution in [0.1, 0.15) is 18.2 Å². The number of benzene rings is 1. The fraction of sp³-hybridized carbons (Fsp3) is 0.375. The molecule has 0 radical (unpaired) electrons. The quantitative estimate of drug-likeness (QED) is 0.878. The van der Waals surface area contributed by atoms with E-state index >= 15 is 0 Å². The third-order valence-corrected chi connectivity index (χ3v) is 3.47. The van der Waals surface area contributed by atoms with Gasteiger partial charge in [-0.05, 0) is 43.2 Å². The number of ether oxygens (including phenoxy) is 1. The van der Waals surface area contributed by atoms with Crippen molar-refractivity contribution in [2.45, 2.75) is 25.9 Å². The van der Waals surface area contributed by atoms with Crippen LogP contribution >= 0.6 is 0 Å². The molecule has 0 spiro atoms. The first kappa shape index (κ1) is 13.1. The van der Waals surface area contributed by atoms with Gasteiger partial charge in [-0.25, -0.2) is 0 Å². The zero-order valence-corrected chi connectivity index (χ0v) is 11.7. The van der Waals surface area contributed by atoms with E-state index < -0.39 is 0 Å². The second-order valence-corrected chi connectivity index (χ2v) is 5.17. The molecule has 1 atom stereocenters. The first-order valence-corrected chi connectivity index (χ1v) is 7.06. The molecule has 0 bridgehead atoms. The summed E-state index contributed by atoms with van der Waals surface area (Å²) in [6.45, 7) is 4.57. The topological polar surface area (TPSA) is 46.4 Å². The van der Waals surface area contributed by atoms with E-state index in [1.54, 1.807) is 6.26 Å². The Kier molecular flexibility index (Phi) is 3.92. The summed E-state index contributed by atoms with van der Waals surface area (Å²) >= 11 is 0. The second-order valence-electron chi connectivity index (χ2n) is 5.17. The predicted molar refractivity (Wildman–Crippen MR) is 79.1 cm³/mol. The molecule has 4 heteroatoms. The summed E-state index contributed by atoms with van der Waals surface area (Å²) in [6.07, 6.45) is 2.69. The first-order valence-electron chi connectivity index (χ1n) is 7.06. The van der Waals surface area contributed by atoms with Crippen LogP contribution in [0.3, 0.4) is 0 Å². The number of hydrogen-bond acceptors (Lipinski definition) is 4. The zero-order chi connectivity index (χ0) is 13.8. The molecule has 2 N–H and O–H groups in total. The second kappa shape index (κ2) is 6.01. The normalized spacial score (nSPS) is 15.1. The van der Waals surface area contributed by atoms with Gasteiger partial charge in [-0.15, -0.1) is 0 Å². The summed E-state index contributed by atoms with van der Waals surface area (Å²) in [6, 6.07) is 10.7. The SMILES string of the molecule is CC(Cc1ccc2c(c1)NCCO2)NCc1ccco1. The molecule has 1 aromatic heterocycles. The molecule has 0 fully saturated rings. The van der Waals surface area contributed by atoms with Gasteiger partial charge in [-0.3, -0.25) is 0 Å². The van der Waals surface area contributed by atoms with Crippen LogP contribution in [0.4, 0.5) is 5.69 Å². The Labute approximate surface area is 119 Å². The summed E-state index contributed by atoms with van der Waals surface area (Å²) in [7, 11) is 0. The molecule has 2 heterocycles. The number of hydrogen-bond donors (Lipinski definition) is 2. The van der Waals surface area contributed by atoms with E-state index in [1.165, 1.54) is 5.56 Å².